The minimum Gasteiger partial charge on any atom is -0.481 e. The number of carbonyl (C=O) groups excluding carboxylic acids is 15. The van der Waals surface area contributed by atoms with Crippen LogP contribution in [-0.4, -0.2) is 276 Å². The van der Waals surface area contributed by atoms with Crippen molar-refractivity contribution < 1.29 is 112 Å². The third kappa shape index (κ3) is 27.2. The molecule has 2 heterocycles. The number of amides is 15. The molecule has 0 aromatic carbocycles. The lowest BCUT2D eigenvalue weighted by atomic mass is 10.0. The first kappa shape index (κ1) is 85.2. The van der Waals surface area contributed by atoms with Crippen LogP contribution < -0.4 is 75.3 Å². The van der Waals surface area contributed by atoms with Crippen molar-refractivity contribution in [3.8, 4) is 0 Å². The van der Waals surface area contributed by atoms with Crippen molar-refractivity contribution in [3.05, 3.63) is 0 Å². The Balaban J connectivity index is 2.08. The third-order valence-electron chi connectivity index (χ3n) is 15.5. The standard InChI is InChI=1S/C58H96N16O23S/c1-24(2)18-31(59)56(94)74-17-11-13-37(74)57(95)73-16-10-12-36(73)51(89)61-20-39(80)63-26(5)46(84)64-27(6)47(85)67-34(22-75)49(87)72-45(30(9)78)55(93)65-32(14-15-38(60)79)48(86)70-42(25(3)4)53(91)68-35(23-98)50(88)71-43(28(7)76)52(90)62-21-40(81)69-44(29(8)77)54(92)66-33(58(96)97)19-41(82)83/h24-37,42-45,75-78,98H,10-23,59H2,1-9H3,(H2,60,79)(H,61,89)(H,62,90)(H,63,80)(H,64,84)(H,65,93)(H,66,92)(H,67,85)(H,68,91)(H,69,81)(H,70,86)(H,71,88)(H,72,87)(H,82,83)(H,96,97)/t26-,27-,28+,29+,30+,31-,32-,33-,34-,35-,36-,37-,42-,43-,44-,45-/m0/s1. The number of carboxylic acids is 2. The van der Waals surface area contributed by atoms with Gasteiger partial charge in [0, 0.05) is 25.3 Å². The number of primary amides is 1. The van der Waals surface area contributed by atoms with E-state index in [2.05, 4.69) is 65.8 Å². The fourth-order valence-corrected chi connectivity index (χ4v) is 10.3. The van der Waals surface area contributed by atoms with Gasteiger partial charge in [-0.1, -0.05) is 27.7 Å². The number of hydrogen-bond acceptors (Lipinski definition) is 23. The number of aliphatic hydroxyl groups is 4. The summed E-state index contributed by atoms with van der Waals surface area (Å²) in [6.07, 6.45) is -5.19. The molecule has 98 heavy (non-hydrogen) atoms. The van der Waals surface area contributed by atoms with Crippen molar-refractivity contribution in [2.24, 2.45) is 23.3 Å². The topological polar surface area (TPSA) is 614 Å². The maximum atomic E-state index is 13.9. The first-order valence-electron chi connectivity index (χ1n) is 31.6. The normalized spacial score (nSPS) is 18.6. The number of thiol groups is 1. The Hall–Kier alpha value is -8.86. The van der Waals surface area contributed by atoms with Gasteiger partial charge in [0.25, 0.3) is 0 Å². The molecule has 552 valence electrons. The Morgan fingerprint density at radius 2 is 0.939 bits per heavy atom. The second-order valence-corrected chi connectivity index (χ2v) is 25.0. The highest BCUT2D eigenvalue weighted by molar-refractivity contribution is 7.80. The minimum atomic E-state index is -1.97. The van der Waals surface area contributed by atoms with Gasteiger partial charge in [-0.3, -0.25) is 76.7 Å². The summed E-state index contributed by atoms with van der Waals surface area (Å²) in [4.78, 5) is 224. The number of aliphatic hydroxyl groups excluding tert-OH is 4. The molecule has 2 fully saturated rings. The monoisotopic (exact) mass is 1420 g/mol. The van der Waals surface area contributed by atoms with Crippen LogP contribution in [0.4, 0.5) is 0 Å². The SMILES string of the molecule is CC(C)C[C@H](N)C(=O)N1CCC[C@H]1C(=O)N1CCC[C@H]1C(=O)NCC(=O)N[C@@H](C)C(=O)N[C@@H](C)C(=O)N[C@@H](CO)C(=O)N[C@H](C(=O)N[C@@H](CCC(N)=O)C(=O)N[C@H](C(=O)N[C@@H](CS)C(=O)N[C@H](C(=O)NCC(=O)N[C@H](C(=O)N[C@@H](CC(=O)O)C(=O)O)[C@@H](C)O)[C@@H](C)O)C(C)C)[C@@H](C)O. The van der Waals surface area contributed by atoms with Gasteiger partial charge in [-0.05, 0) is 85.0 Å². The number of nitrogens with two attached hydrogens (primary N) is 2. The number of likely N-dealkylation sites (tertiary alicyclic amines) is 2. The van der Waals surface area contributed by atoms with E-state index in [1.807, 2.05) is 24.5 Å². The van der Waals surface area contributed by atoms with E-state index in [0.29, 0.717) is 32.2 Å². The highest BCUT2D eigenvalue weighted by Crippen LogP contribution is 2.26. The van der Waals surface area contributed by atoms with Crippen LogP contribution in [0.1, 0.15) is 114 Å². The van der Waals surface area contributed by atoms with Gasteiger partial charge < -0.3 is 116 Å². The zero-order chi connectivity index (χ0) is 74.7. The van der Waals surface area contributed by atoms with E-state index < -0.39 is 242 Å². The quantitative estimate of drug-likeness (QED) is 0.0253. The van der Waals surface area contributed by atoms with Crippen LogP contribution >= 0.6 is 12.6 Å². The van der Waals surface area contributed by atoms with Crippen LogP contribution in [0.3, 0.4) is 0 Å². The predicted octanol–water partition coefficient (Wildman–Crippen LogP) is -9.99. The fraction of sp³-hybridized carbons (Fsp3) is 0.707. The predicted molar refractivity (Wildman–Crippen MR) is 343 cm³/mol. The lowest BCUT2D eigenvalue weighted by molar-refractivity contribution is -0.147. The minimum absolute atomic E-state index is 0.145. The number of carboxylic acid groups (broad SMARTS) is 2. The first-order chi connectivity index (χ1) is 45.7. The van der Waals surface area contributed by atoms with Gasteiger partial charge in [0.15, 0.2) is 0 Å². The molecule has 0 aromatic heterocycles. The van der Waals surface area contributed by atoms with Crippen molar-refractivity contribution in [3.63, 3.8) is 0 Å². The molecule has 0 spiro atoms. The van der Waals surface area contributed by atoms with Gasteiger partial charge in [0.2, 0.25) is 88.6 Å². The van der Waals surface area contributed by atoms with E-state index in [-0.39, 0.29) is 24.8 Å². The highest BCUT2D eigenvalue weighted by atomic mass is 32.1. The van der Waals surface area contributed by atoms with E-state index in [9.17, 15) is 107 Å². The molecule has 0 radical (unpaired) electrons. The van der Waals surface area contributed by atoms with Crippen molar-refractivity contribution in [2.75, 3.05) is 38.5 Å². The number of hydrogen-bond donors (Lipinski definition) is 21. The molecule has 39 nitrogen and oxygen atoms in total. The summed E-state index contributed by atoms with van der Waals surface area (Å²) in [7, 11) is 0. The zero-order valence-corrected chi connectivity index (χ0v) is 56.8. The number of rotatable bonds is 40. The lowest BCUT2D eigenvalue weighted by Gasteiger charge is -2.32. The third-order valence-corrected chi connectivity index (χ3v) is 15.8. The largest absolute Gasteiger partial charge is 0.481 e. The maximum Gasteiger partial charge on any atom is 0.326 e. The molecule has 0 aliphatic carbocycles. The van der Waals surface area contributed by atoms with Gasteiger partial charge in [-0.2, -0.15) is 12.6 Å². The number of aliphatic carboxylic acids is 2. The highest BCUT2D eigenvalue weighted by Gasteiger charge is 2.44. The number of nitrogens with one attached hydrogen (secondary N) is 12. The summed E-state index contributed by atoms with van der Waals surface area (Å²) in [5.74, 6) is -19.3. The molecule has 15 amide bonds. The fourth-order valence-electron chi connectivity index (χ4n) is 10.1. The van der Waals surface area contributed by atoms with Crippen LogP contribution in [0.2, 0.25) is 0 Å². The van der Waals surface area contributed by atoms with E-state index in [1.165, 1.54) is 37.5 Å². The first-order valence-corrected chi connectivity index (χ1v) is 32.2. The van der Waals surface area contributed by atoms with Crippen molar-refractivity contribution >= 4 is 113 Å². The van der Waals surface area contributed by atoms with Gasteiger partial charge in [-0.15, -0.1) is 0 Å². The molecule has 0 aromatic rings. The van der Waals surface area contributed by atoms with Crippen molar-refractivity contribution in [1.29, 1.82) is 0 Å². The molecule has 2 saturated heterocycles. The summed E-state index contributed by atoms with van der Waals surface area (Å²) in [6, 6.07) is -19.8. The number of nitrogens with zero attached hydrogens (tertiary/aromatic N) is 2. The summed E-state index contributed by atoms with van der Waals surface area (Å²) in [5, 5.41) is 86.2. The second kappa shape index (κ2) is 40.8. The van der Waals surface area contributed by atoms with Gasteiger partial charge >= 0.3 is 11.9 Å². The second-order valence-electron chi connectivity index (χ2n) is 24.6. The molecular weight excluding hydrogens is 1320 g/mol. The smallest absolute Gasteiger partial charge is 0.326 e. The van der Waals surface area contributed by atoms with E-state index in [1.54, 1.807) is 0 Å². The molecule has 0 saturated carbocycles. The summed E-state index contributed by atoms with van der Waals surface area (Å²) < 4.78 is 0. The molecule has 2 aliphatic rings. The van der Waals surface area contributed by atoms with Crippen LogP contribution in [-0.2, 0) is 81.5 Å². The average Bonchev–Trinajstić information content (AvgIpc) is 1.64. The summed E-state index contributed by atoms with van der Waals surface area (Å²) >= 11 is 4.10. The molecule has 2 rings (SSSR count). The molecule has 0 bridgehead atoms. The summed E-state index contributed by atoms with van der Waals surface area (Å²) in [5.41, 5.74) is 11.5. The Morgan fingerprint density at radius 1 is 0.500 bits per heavy atom. The summed E-state index contributed by atoms with van der Waals surface area (Å²) in [6.45, 7) is 10.1. The Labute approximate surface area is 569 Å². The van der Waals surface area contributed by atoms with E-state index in [0.717, 1.165) is 20.8 Å². The number of carbonyl (C=O) groups is 17. The molecular formula is C58H96N16O23S. The van der Waals surface area contributed by atoms with E-state index in [4.69, 9.17) is 16.6 Å². The Bertz CT molecular complexity index is 2900. The van der Waals surface area contributed by atoms with Gasteiger partial charge in [0.05, 0.1) is 50.5 Å². The Kier molecular flexibility index (Phi) is 35.4. The van der Waals surface area contributed by atoms with Gasteiger partial charge in [-0.25, -0.2) is 4.79 Å². The molecule has 2 aliphatic heterocycles. The molecule has 40 heteroatoms. The van der Waals surface area contributed by atoms with Crippen LogP contribution in [0.15, 0.2) is 0 Å². The van der Waals surface area contributed by atoms with Crippen LogP contribution in [0, 0.1) is 11.8 Å². The molecule has 16 atom stereocenters. The maximum absolute atomic E-state index is 13.9. The molecule has 22 N–H and O–H groups in total. The average molecular weight is 1420 g/mol. The molecule has 0 unspecified atom stereocenters. The van der Waals surface area contributed by atoms with Crippen molar-refractivity contribution in [1.82, 2.24) is 73.6 Å². The zero-order valence-electron chi connectivity index (χ0n) is 55.9. The Morgan fingerprint density at radius 3 is 1.45 bits per heavy atom. The lowest BCUT2D eigenvalue weighted by Crippen LogP contribution is -2.63. The van der Waals surface area contributed by atoms with Crippen LogP contribution in [0.25, 0.3) is 0 Å². The van der Waals surface area contributed by atoms with Crippen LogP contribution in [0.5, 0.6) is 0 Å². The van der Waals surface area contributed by atoms with E-state index >= 15 is 0 Å². The van der Waals surface area contributed by atoms with Gasteiger partial charge in [0.1, 0.15) is 72.5 Å². The van der Waals surface area contributed by atoms with Crippen molar-refractivity contribution in [2.45, 2.75) is 211 Å².